The number of hydrogen-bond acceptors (Lipinski definition) is 15. The van der Waals surface area contributed by atoms with Crippen LogP contribution in [0.2, 0.25) is 0 Å². The Morgan fingerprint density at radius 1 is 0.843 bits per heavy atom. The summed E-state index contributed by atoms with van der Waals surface area (Å²) in [7, 11) is 0. The molecule has 4 aliphatic rings. The van der Waals surface area contributed by atoms with E-state index in [2.05, 4.69) is 0 Å². The summed E-state index contributed by atoms with van der Waals surface area (Å²) >= 11 is 0. The second-order valence-electron chi connectivity index (χ2n) is 21.7. The largest absolute Gasteiger partial charge is 0.444 e. The van der Waals surface area contributed by atoms with Crippen molar-refractivity contribution in [3.8, 4) is 0 Å². The minimum absolute atomic E-state index is 0.0134. The Balaban J connectivity index is 1.25. The lowest BCUT2D eigenvalue weighted by molar-refractivity contribution is -0.239. The van der Waals surface area contributed by atoms with Crippen molar-refractivity contribution in [2.75, 3.05) is 38.1 Å². The average molecular weight is 990 g/mol. The molecule has 1 aromatic rings. The number of carbonyl (C=O) groups excluding carboxylic acids is 7. The quantitative estimate of drug-likeness (QED) is 0.143. The molecule has 8 atom stereocenters. The highest BCUT2D eigenvalue weighted by Gasteiger charge is 2.76. The highest BCUT2D eigenvalue weighted by molar-refractivity contribution is 6.14. The Bertz CT molecular complexity index is 2220. The smallest absolute Gasteiger partial charge is 0.421 e. The van der Waals surface area contributed by atoms with E-state index in [-0.39, 0.29) is 50.1 Å². The number of imide groups is 2. The lowest BCUT2D eigenvalue weighted by Gasteiger charge is -2.63. The third kappa shape index (κ3) is 11.2. The number of aliphatic hydroxyl groups is 2. The average Bonchev–Trinajstić information content (AvgIpc) is 3.52. The van der Waals surface area contributed by atoms with E-state index in [0.717, 1.165) is 11.0 Å². The van der Waals surface area contributed by atoms with Gasteiger partial charge in [0.25, 0.3) is 5.91 Å². The fraction of sp³-hybridized carbons (Fsp3) is 0.660. The maximum Gasteiger partial charge on any atom is 0.421 e. The molecule has 20 heteroatoms. The molecule has 0 aromatic heterocycles. The van der Waals surface area contributed by atoms with Gasteiger partial charge in [-0.05, 0) is 143 Å². The number of fused-ring (bicyclic) bond motifs is 5. The molecule has 3 fully saturated rings. The van der Waals surface area contributed by atoms with Crippen LogP contribution in [-0.2, 0) is 49.4 Å². The number of Topliss-reactive ketones (excluding diaryl/α,β-unsaturated/α-hetero) is 1. The summed E-state index contributed by atoms with van der Waals surface area (Å²) in [5, 5.41) is 21.8. The molecule has 3 saturated carbocycles. The maximum atomic E-state index is 17.6. The predicted molar refractivity (Wildman–Crippen MR) is 247 cm³/mol. The van der Waals surface area contributed by atoms with E-state index in [1.54, 1.807) is 76.2 Å². The Labute approximate surface area is 407 Å². The van der Waals surface area contributed by atoms with Crippen LogP contribution >= 0.6 is 0 Å². The number of rotatable bonds is 13. The summed E-state index contributed by atoms with van der Waals surface area (Å²) in [6.45, 7) is 15.8. The molecular formula is C50H69F2N3O15. The number of amides is 5. The van der Waals surface area contributed by atoms with E-state index in [1.165, 1.54) is 43.3 Å². The lowest BCUT2D eigenvalue weighted by atomic mass is 9.44. The predicted octanol–water partition coefficient (Wildman–Crippen LogP) is 7.65. The third-order valence-electron chi connectivity index (χ3n) is 13.5. The Kier molecular flexibility index (Phi) is 16.2. The molecule has 4 aliphatic carbocycles. The minimum Gasteiger partial charge on any atom is -0.444 e. The van der Waals surface area contributed by atoms with E-state index in [1.807, 2.05) is 0 Å². The van der Waals surface area contributed by atoms with Crippen molar-refractivity contribution in [2.45, 2.75) is 156 Å². The zero-order chi connectivity index (χ0) is 52.6. The molecule has 0 heterocycles. The molecule has 70 heavy (non-hydrogen) atoms. The summed E-state index contributed by atoms with van der Waals surface area (Å²) in [5.74, 6) is -3.89. The number of alkyl halides is 2. The van der Waals surface area contributed by atoms with Crippen molar-refractivity contribution >= 4 is 47.5 Å². The monoisotopic (exact) mass is 989 g/mol. The maximum absolute atomic E-state index is 17.6. The van der Waals surface area contributed by atoms with Gasteiger partial charge in [0.15, 0.2) is 17.2 Å². The summed E-state index contributed by atoms with van der Waals surface area (Å²) in [6.07, 6.45) is -4.47. The highest BCUT2D eigenvalue weighted by Crippen LogP contribution is 2.70. The number of hydrogen-bond donors (Lipinski definition) is 2. The molecule has 1 aromatic carbocycles. The first-order chi connectivity index (χ1) is 32.3. The van der Waals surface area contributed by atoms with Gasteiger partial charge in [-0.25, -0.2) is 37.8 Å². The third-order valence-corrected chi connectivity index (χ3v) is 13.5. The molecule has 0 radical (unpaired) electrons. The summed E-state index contributed by atoms with van der Waals surface area (Å²) in [4.78, 5) is 95.8. The number of aliphatic hydroxyl groups excluding tert-OH is 2. The molecule has 0 bridgehead atoms. The molecule has 0 saturated heterocycles. The van der Waals surface area contributed by atoms with Gasteiger partial charge >= 0.3 is 24.4 Å². The van der Waals surface area contributed by atoms with Crippen LogP contribution in [-0.4, -0.2) is 135 Å². The standard InChI is InChI=1S/C50H69F2N3O15/c1-13-53(28-65-27-38(59)49(67-29-56)21-19-33-34-23-36(51)35-22-32(57)18-20-47(35,11)50(34,52)37(58)24-48(33,49)12)40(61)66-26-30-14-16-31(17-15-30)55(43(64)70-46(8,9)10)39(60)25-54(41(62)68-44(2,3)4)42(63)69-45(5,6)7/h14-18,20,22,33-34,36-37,56,58H,13,19,21,23-29H2,1-12H3/t33?,34?,36-,37?,47?,48?,49?,50-/m0/s1. The van der Waals surface area contributed by atoms with Crippen molar-refractivity contribution in [1.29, 1.82) is 0 Å². The molecule has 0 aliphatic heterocycles. The van der Waals surface area contributed by atoms with Gasteiger partial charge < -0.3 is 38.6 Å². The second-order valence-corrected chi connectivity index (χ2v) is 21.7. The van der Waals surface area contributed by atoms with Gasteiger partial charge in [-0.15, -0.1) is 0 Å². The Hall–Kier alpha value is -5.31. The van der Waals surface area contributed by atoms with Gasteiger partial charge in [0.05, 0.1) is 11.8 Å². The number of carbonyl (C=O) groups is 7. The van der Waals surface area contributed by atoms with Gasteiger partial charge in [0.1, 0.15) is 61.9 Å². The first kappa shape index (κ1) is 55.6. The summed E-state index contributed by atoms with van der Waals surface area (Å²) in [5.41, 5.74) is -9.85. The molecule has 0 spiro atoms. The van der Waals surface area contributed by atoms with Crippen molar-refractivity contribution in [3.05, 3.63) is 53.6 Å². The number of halogens is 2. The van der Waals surface area contributed by atoms with Crippen LogP contribution in [0.1, 0.15) is 114 Å². The zero-order valence-electron chi connectivity index (χ0n) is 42.2. The number of anilines is 1. The van der Waals surface area contributed by atoms with Gasteiger partial charge in [0, 0.05) is 23.3 Å². The van der Waals surface area contributed by atoms with Gasteiger partial charge in [-0.1, -0.05) is 25.1 Å². The van der Waals surface area contributed by atoms with Crippen LogP contribution in [0.5, 0.6) is 0 Å². The highest BCUT2D eigenvalue weighted by atomic mass is 19.1. The molecule has 5 amide bonds. The van der Waals surface area contributed by atoms with Crippen molar-refractivity contribution in [3.63, 3.8) is 0 Å². The number of ketones is 2. The van der Waals surface area contributed by atoms with Crippen LogP contribution in [0.25, 0.3) is 0 Å². The van der Waals surface area contributed by atoms with Crippen LogP contribution in [0.15, 0.2) is 48.1 Å². The number of nitrogens with zero attached hydrogens (tertiary/aromatic N) is 3. The van der Waals surface area contributed by atoms with Crippen molar-refractivity contribution < 1.29 is 81.0 Å². The van der Waals surface area contributed by atoms with Crippen LogP contribution in [0.3, 0.4) is 0 Å². The lowest BCUT2D eigenvalue weighted by Crippen LogP contribution is -2.70. The van der Waals surface area contributed by atoms with E-state index in [0.29, 0.717) is 15.4 Å². The van der Waals surface area contributed by atoms with Gasteiger partial charge in [-0.3, -0.25) is 19.3 Å². The second kappa shape index (κ2) is 20.4. The molecular weight excluding hydrogens is 921 g/mol. The van der Waals surface area contributed by atoms with Crippen LogP contribution in [0.4, 0.5) is 33.6 Å². The first-order valence-electron chi connectivity index (χ1n) is 23.4. The van der Waals surface area contributed by atoms with Gasteiger partial charge in [0.2, 0.25) is 0 Å². The number of benzene rings is 1. The molecule has 18 nitrogen and oxygen atoms in total. The normalized spacial score (nSPS) is 28.3. The molecule has 2 N–H and O–H groups in total. The molecule has 5 rings (SSSR count). The Morgan fingerprint density at radius 2 is 1.41 bits per heavy atom. The van der Waals surface area contributed by atoms with Crippen LogP contribution < -0.4 is 4.90 Å². The van der Waals surface area contributed by atoms with Crippen LogP contribution in [0, 0.1) is 22.7 Å². The van der Waals surface area contributed by atoms with Gasteiger partial charge in [-0.2, -0.15) is 0 Å². The minimum atomic E-state index is -2.38. The fourth-order valence-corrected chi connectivity index (χ4v) is 10.4. The first-order valence-corrected chi connectivity index (χ1v) is 23.4. The number of ether oxygens (including phenoxy) is 6. The molecule has 388 valence electrons. The Morgan fingerprint density at radius 3 is 1.96 bits per heavy atom. The van der Waals surface area contributed by atoms with E-state index in [4.69, 9.17) is 28.4 Å². The molecule has 6 unspecified atom stereocenters. The summed E-state index contributed by atoms with van der Waals surface area (Å²) < 4.78 is 66.9. The van der Waals surface area contributed by atoms with E-state index >= 15 is 8.78 Å². The zero-order valence-corrected chi connectivity index (χ0v) is 42.2. The topological polar surface area (TPSA) is 225 Å². The van der Waals surface area contributed by atoms with Crippen molar-refractivity contribution in [1.82, 2.24) is 9.80 Å². The SMILES string of the molecule is CCN(COCC(=O)C1(OCO)CCC2C3C[C@H](F)C4=CC(=O)C=CC4(C)[C@@]3(F)C(O)CC21C)C(=O)OCc1ccc(N(C(=O)CN(C(=O)OC(C)(C)C)C(=O)OC(C)(C)C)C(=O)OC(C)(C)C)cc1. The van der Waals surface area contributed by atoms with E-state index in [9.17, 15) is 43.8 Å². The summed E-state index contributed by atoms with van der Waals surface area (Å²) in [6, 6.07) is 5.67. The van der Waals surface area contributed by atoms with Crippen molar-refractivity contribution in [2.24, 2.45) is 22.7 Å². The number of allylic oxidation sites excluding steroid dienone is 4. The van der Waals surface area contributed by atoms with E-state index < -0.39 is 132 Å². The fourth-order valence-electron chi connectivity index (χ4n) is 10.4.